The molecule has 1 unspecified atom stereocenters. The third kappa shape index (κ3) is 6.22. The fourth-order valence-corrected chi connectivity index (χ4v) is 3.76. The lowest BCUT2D eigenvalue weighted by Gasteiger charge is -2.35. The number of β-amino-alcohol motifs (C(OH)–C–C–N with tert-alkyl or cyclic N) is 1. The molecular weight excluding hydrogens is 435 g/mol. The number of nitrogens with zero attached hydrogens (tertiary/aromatic N) is 2. The summed E-state index contributed by atoms with van der Waals surface area (Å²) in [5.74, 6) is 0.206. The maximum absolute atomic E-state index is 14.0. The minimum atomic E-state index is -0.703. The molecule has 1 N–H and O–H groups in total. The molecular formula is C24H28ClFN2O4. The van der Waals surface area contributed by atoms with Crippen LogP contribution >= 0.6 is 11.6 Å². The molecule has 2 aromatic rings. The molecule has 1 atom stereocenters. The predicted octanol–water partition coefficient (Wildman–Crippen LogP) is 3.72. The third-order valence-electron chi connectivity index (χ3n) is 5.27. The van der Waals surface area contributed by atoms with Crippen LogP contribution in [0.5, 0.6) is 11.5 Å². The fraction of sp³-hybridized carbons (Fsp3) is 0.375. The number of ether oxygens (including phenoxy) is 2. The standard InChI is InChI=1S/C24H28ClFN2O4/c1-3-4-17-5-8-22(23(13-17)31-2)32-16-19(29)15-27-9-11-28(12-10-27)24(30)20-7-6-18(25)14-21(20)26/h3-8,13-14,19,29H,9-12,15-16H2,1-2H3/b4-3+. The van der Waals surface area contributed by atoms with Crippen molar-refractivity contribution in [3.8, 4) is 11.5 Å². The second kappa shape index (κ2) is 11.3. The molecule has 0 bridgehead atoms. The molecule has 1 saturated heterocycles. The van der Waals surface area contributed by atoms with Crippen LogP contribution in [-0.4, -0.2) is 73.4 Å². The van der Waals surface area contributed by atoms with Gasteiger partial charge in [-0.3, -0.25) is 9.69 Å². The lowest BCUT2D eigenvalue weighted by Crippen LogP contribution is -2.51. The quantitative estimate of drug-likeness (QED) is 0.648. The number of aliphatic hydroxyl groups excluding tert-OH is 1. The normalized spacial score (nSPS) is 15.7. The summed E-state index contributed by atoms with van der Waals surface area (Å²) in [4.78, 5) is 16.3. The van der Waals surface area contributed by atoms with E-state index in [0.717, 1.165) is 11.6 Å². The van der Waals surface area contributed by atoms with Gasteiger partial charge in [-0.1, -0.05) is 29.8 Å². The van der Waals surface area contributed by atoms with E-state index in [1.54, 1.807) is 12.0 Å². The van der Waals surface area contributed by atoms with Crippen molar-refractivity contribution in [2.75, 3.05) is 46.4 Å². The number of methoxy groups -OCH3 is 1. The first-order valence-electron chi connectivity index (χ1n) is 10.5. The predicted molar refractivity (Wildman–Crippen MR) is 123 cm³/mol. The lowest BCUT2D eigenvalue weighted by molar-refractivity contribution is 0.0398. The number of halogens is 2. The monoisotopic (exact) mass is 462 g/mol. The highest BCUT2D eigenvalue weighted by Gasteiger charge is 2.25. The molecule has 0 aromatic heterocycles. The van der Waals surface area contributed by atoms with Crippen LogP contribution in [0.3, 0.4) is 0 Å². The molecule has 1 aliphatic heterocycles. The number of hydrogen-bond acceptors (Lipinski definition) is 5. The van der Waals surface area contributed by atoms with E-state index < -0.39 is 11.9 Å². The van der Waals surface area contributed by atoms with Gasteiger partial charge in [-0.25, -0.2) is 4.39 Å². The molecule has 0 aliphatic carbocycles. The largest absolute Gasteiger partial charge is 0.493 e. The molecule has 32 heavy (non-hydrogen) atoms. The smallest absolute Gasteiger partial charge is 0.256 e. The molecule has 2 aromatic carbocycles. The van der Waals surface area contributed by atoms with Gasteiger partial charge in [0, 0.05) is 37.7 Å². The Morgan fingerprint density at radius 3 is 2.59 bits per heavy atom. The molecule has 0 spiro atoms. The Hall–Kier alpha value is -2.61. The highest BCUT2D eigenvalue weighted by molar-refractivity contribution is 6.30. The Morgan fingerprint density at radius 1 is 1.19 bits per heavy atom. The van der Waals surface area contributed by atoms with E-state index in [1.807, 2.05) is 37.3 Å². The van der Waals surface area contributed by atoms with Crippen molar-refractivity contribution in [3.63, 3.8) is 0 Å². The lowest BCUT2D eigenvalue weighted by atomic mass is 10.1. The number of carbonyl (C=O) groups is 1. The van der Waals surface area contributed by atoms with E-state index in [2.05, 4.69) is 4.90 Å². The van der Waals surface area contributed by atoms with Crippen molar-refractivity contribution in [1.82, 2.24) is 9.80 Å². The second-order valence-corrected chi connectivity index (χ2v) is 8.03. The number of piperazine rings is 1. The Kier molecular flexibility index (Phi) is 8.50. The summed E-state index contributed by atoms with van der Waals surface area (Å²) >= 11 is 5.76. The van der Waals surface area contributed by atoms with Gasteiger partial charge in [0.2, 0.25) is 0 Å². The van der Waals surface area contributed by atoms with Crippen molar-refractivity contribution in [2.45, 2.75) is 13.0 Å². The molecule has 0 saturated carbocycles. The summed E-state index contributed by atoms with van der Waals surface area (Å²) in [7, 11) is 1.58. The van der Waals surface area contributed by atoms with Crippen LogP contribution in [-0.2, 0) is 0 Å². The highest BCUT2D eigenvalue weighted by atomic mass is 35.5. The van der Waals surface area contributed by atoms with Gasteiger partial charge in [-0.05, 0) is 42.8 Å². The van der Waals surface area contributed by atoms with Crippen LogP contribution in [0.15, 0.2) is 42.5 Å². The van der Waals surface area contributed by atoms with E-state index >= 15 is 0 Å². The van der Waals surface area contributed by atoms with Crippen molar-refractivity contribution < 1.29 is 23.8 Å². The Labute approximate surface area is 192 Å². The number of carbonyl (C=O) groups excluding carboxylic acids is 1. The number of amides is 1. The molecule has 172 valence electrons. The van der Waals surface area contributed by atoms with E-state index in [1.165, 1.54) is 12.1 Å². The number of benzene rings is 2. The van der Waals surface area contributed by atoms with Crippen LogP contribution in [0.4, 0.5) is 4.39 Å². The first kappa shape index (κ1) is 24.0. The average molecular weight is 463 g/mol. The number of allylic oxidation sites excluding steroid dienone is 1. The van der Waals surface area contributed by atoms with E-state index in [9.17, 15) is 14.3 Å². The molecule has 1 heterocycles. The summed E-state index contributed by atoms with van der Waals surface area (Å²) in [6.07, 6.45) is 3.21. The third-order valence-corrected chi connectivity index (χ3v) is 5.50. The van der Waals surface area contributed by atoms with E-state index in [-0.39, 0.29) is 23.1 Å². The summed E-state index contributed by atoms with van der Waals surface area (Å²) < 4.78 is 25.2. The van der Waals surface area contributed by atoms with Gasteiger partial charge < -0.3 is 19.5 Å². The zero-order valence-electron chi connectivity index (χ0n) is 18.3. The number of aliphatic hydroxyl groups is 1. The van der Waals surface area contributed by atoms with Crippen molar-refractivity contribution in [1.29, 1.82) is 0 Å². The minimum absolute atomic E-state index is 0.0191. The van der Waals surface area contributed by atoms with Gasteiger partial charge in [-0.2, -0.15) is 0 Å². The minimum Gasteiger partial charge on any atom is -0.493 e. The van der Waals surface area contributed by atoms with Gasteiger partial charge in [-0.15, -0.1) is 0 Å². The number of hydrogen-bond donors (Lipinski definition) is 1. The van der Waals surface area contributed by atoms with Crippen LogP contribution in [0.2, 0.25) is 5.02 Å². The molecule has 3 rings (SSSR count). The molecule has 6 nitrogen and oxygen atoms in total. The zero-order chi connectivity index (χ0) is 23.1. The van der Waals surface area contributed by atoms with Gasteiger partial charge in [0.1, 0.15) is 18.5 Å². The van der Waals surface area contributed by atoms with Crippen molar-refractivity contribution in [3.05, 3.63) is 64.4 Å². The first-order chi connectivity index (χ1) is 15.4. The van der Waals surface area contributed by atoms with Crippen LogP contribution in [0.25, 0.3) is 6.08 Å². The molecule has 1 amide bonds. The summed E-state index contributed by atoms with van der Waals surface area (Å²) in [6, 6.07) is 9.68. The summed E-state index contributed by atoms with van der Waals surface area (Å²) in [5.41, 5.74) is 1.02. The molecule has 1 aliphatic rings. The Bertz CT molecular complexity index is 961. The van der Waals surface area contributed by atoms with E-state index in [0.29, 0.717) is 44.2 Å². The molecule has 0 radical (unpaired) electrons. The fourth-order valence-electron chi connectivity index (χ4n) is 3.60. The van der Waals surface area contributed by atoms with Crippen LogP contribution < -0.4 is 9.47 Å². The molecule has 8 heteroatoms. The van der Waals surface area contributed by atoms with Crippen molar-refractivity contribution in [2.24, 2.45) is 0 Å². The Balaban J connectivity index is 1.47. The zero-order valence-corrected chi connectivity index (χ0v) is 19.0. The SMILES string of the molecule is C/C=C/c1ccc(OCC(O)CN2CCN(C(=O)c3ccc(Cl)cc3F)CC2)c(OC)c1. The van der Waals surface area contributed by atoms with Gasteiger partial charge in [0.25, 0.3) is 5.91 Å². The second-order valence-electron chi connectivity index (χ2n) is 7.59. The number of rotatable bonds is 8. The summed E-state index contributed by atoms with van der Waals surface area (Å²) in [5, 5.41) is 10.7. The topological polar surface area (TPSA) is 62.2 Å². The molecule has 1 fully saturated rings. The van der Waals surface area contributed by atoms with Gasteiger partial charge in [0.15, 0.2) is 11.5 Å². The maximum Gasteiger partial charge on any atom is 0.256 e. The highest BCUT2D eigenvalue weighted by Crippen LogP contribution is 2.28. The maximum atomic E-state index is 14.0. The van der Waals surface area contributed by atoms with Crippen molar-refractivity contribution >= 4 is 23.6 Å². The average Bonchev–Trinajstić information content (AvgIpc) is 2.78. The van der Waals surface area contributed by atoms with Crippen LogP contribution in [0.1, 0.15) is 22.8 Å². The summed E-state index contributed by atoms with van der Waals surface area (Å²) in [6.45, 7) is 4.55. The first-order valence-corrected chi connectivity index (χ1v) is 10.9. The van der Waals surface area contributed by atoms with Gasteiger partial charge >= 0.3 is 0 Å². The van der Waals surface area contributed by atoms with Crippen LogP contribution in [0, 0.1) is 5.82 Å². The Morgan fingerprint density at radius 2 is 1.94 bits per heavy atom. The van der Waals surface area contributed by atoms with Gasteiger partial charge in [0.05, 0.1) is 12.7 Å². The van der Waals surface area contributed by atoms with E-state index in [4.69, 9.17) is 21.1 Å².